The van der Waals surface area contributed by atoms with Gasteiger partial charge in [-0.25, -0.2) is 4.79 Å². The number of fused-ring (bicyclic) bond motifs is 1. The molecule has 5 nitrogen and oxygen atoms in total. The molecule has 2 rings (SSSR count). The van der Waals surface area contributed by atoms with Gasteiger partial charge in [-0.05, 0) is 24.1 Å². The number of hydrogen-bond acceptors (Lipinski definition) is 3. The molecule has 1 aliphatic rings. The van der Waals surface area contributed by atoms with E-state index in [0.717, 1.165) is 5.56 Å². The molecule has 1 amide bonds. The highest BCUT2D eigenvalue weighted by Crippen LogP contribution is 2.37. The number of aromatic carboxylic acids is 1. The van der Waals surface area contributed by atoms with Crippen LogP contribution >= 0.6 is 0 Å². The molecule has 0 bridgehead atoms. The van der Waals surface area contributed by atoms with Crippen molar-refractivity contribution in [3.05, 3.63) is 29.3 Å². The number of anilines is 1. The van der Waals surface area contributed by atoms with Gasteiger partial charge in [-0.3, -0.25) is 4.79 Å². The molecule has 5 heteroatoms. The predicted molar refractivity (Wildman–Crippen MR) is 72.3 cm³/mol. The van der Waals surface area contributed by atoms with E-state index >= 15 is 0 Å². The number of nitrogens with two attached hydrogens (primary N) is 1. The minimum absolute atomic E-state index is 0.00649. The fourth-order valence-electron chi connectivity index (χ4n) is 2.48. The van der Waals surface area contributed by atoms with E-state index in [2.05, 4.69) is 0 Å². The van der Waals surface area contributed by atoms with Crippen LogP contribution in [0.1, 0.15) is 29.8 Å². The lowest BCUT2D eigenvalue weighted by Gasteiger charge is -2.38. The van der Waals surface area contributed by atoms with Gasteiger partial charge in [0.2, 0.25) is 5.91 Å². The van der Waals surface area contributed by atoms with E-state index in [0.29, 0.717) is 25.2 Å². The Morgan fingerprint density at radius 2 is 2.16 bits per heavy atom. The first-order valence-corrected chi connectivity index (χ1v) is 6.25. The molecule has 19 heavy (non-hydrogen) atoms. The van der Waals surface area contributed by atoms with Crippen molar-refractivity contribution >= 4 is 17.6 Å². The third kappa shape index (κ3) is 2.33. The topological polar surface area (TPSA) is 83.6 Å². The van der Waals surface area contributed by atoms with E-state index in [1.165, 1.54) is 0 Å². The van der Waals surface area contributed by atoms with Crippen molar-refractivity contribution in [3.8, 4) is 0 Å². The Morgan fingerprint density at radius 3 is 2.74 bits per heavy atom. The zero-order valence-electron chi connectivity index (χ0n) is 11.1. The van der Waals surface area contributed by atoms with Gasteiger partial charge in [0, 0.05) is 24.2 Å². The van der Waals surface area contributed by atoms with Crippen molar-refractivity contribution in [1.29, 1.82) is 0 Å². The molecule has 0 fully saturated rings. The standard InChI is InChI=1S/C14H18N2O3/c1-14(2)8-10-4-3-9(12(17)18)7-11(10)16(6-5-15)13(14)19/h3-4,7H,5-6,8,15H2,1-2H3,(H,17,18). The van der Waals surface area contributed by atoms with E-state index in [4.69, 9.17) is 10.8 Å². The SMILES string of the molecule is CC1(C)Cc2ccc(C(=O)O)cc2N(CCN)C1=O. The zero-order valence-corrected chi connectivity index (χ0v) is 11.1. The van der Waals surface area contributed by atoms with Crippen LogP contribution in [0.4, 0.5) is 5.69 Å². The Labute approximate surface area is 112 Å². The maximum absolute atomic E-state index is 12.4. The Hall–Kier alpha value is -1.88. The summed E-state index contributed by atoms with van der Waals surface area (Å²) in [5, 5.41) is 9.04. The van der Waals surface area contributed by atoms with Crippen LogP contribution in [0.5, 0.6) is 0 Å². The molecule has 0 saturated carbocycles. The number of amides is 1. The van der Waals surface area contributed by atoms with Crippen molar-refractivity contribution in [2.24, 2.45) is 11.1 Å². The number of carbonyl (C=O) groups excluding carboxylic acids is 1. The summed E-state index contributed by atoms with van der Waals surface area (Å²) in [6, 6.07) is 4.92. The van der Waals surface area contributed by atoms with Crippen LogP contribution in [-0.4, -0.2) is 30.1 Å². The summed E-state index contributed by atoms with van der Waals surface area (Å²) in [4.78, 5) is 25.0. The summed E-state index contributed by atoms with van der Waals surface area (Å²) in [5.74, 6) is -0.999. The van der Waals surface area contributed by atoms with Gasteiger partial charge in [-0.2, -0.15) is 0 Å². The van der Waals surface area contributed by atoms with E-state index < -0.39 is 11.4 Å². The third-order valence-electron chi connectivity index (χ3n) is 3.43. The fraction of sp³-hybridized carbons (Fsp3) is 0.429. The van der Waals surface area contributed by atoms with Gasteiger partial charge in [0.05, 0.1) is 5.56 Å². The number of hydrogen-bond donors (Lipinski definition) is 2. The van der Waals surface area contributed by atoms with Gasteiger partial charge in [0.1, 0.15) is 0 Å². The quantitative estimate of drug-likeness (QED) is 0.859. The minimum Gasteiger partial charge on any atom is -0.478 e. The molecule has 0 aromatic heterocycles. The average Bonchev–Trinajstić information content (AvgIpc) is 2.34. The van der Waals surface area contributed by atoms with E-state index in [1.807, 2.05) is 13.8 Å². The lowest BCUT2D eigenvalue weighted by molar-refractivity contribution is -0.127. The fourth-order valence-corrected chi connectivity index (χ4v) is 2.48. The number of carboxylic acids is 1. The van der Waals surface area contributed by atoms with Crippen LogP contribution in [-0.2, 0) is 11.2 Å². The van der Waals surface area contributed by atoms with Crippen molar-refractivity contribution in [3.63, 3.8) is 0 Å². The molecule has 1 aliphatic heterocycles. The van der Waals surface area contributed by atoms with Crippen LogP contribution in [0, 0.1) is 5.41 Å². The highest BCUT2D eigenvalue weighted by atomic mass is 16.4. The monoisotopic (exact) mass is 262 g/mol. The van der Waals surface area contributed by atoms with E-state index in [1.54, 1.807) is 23.1 Å². The Balaban J connectivity index is 2.53. The predicted octanol–water partition coefficient (Wildman–Crippen LogP) is 1.26. The molecule has 102 valence electrons. The number of carbonyl (C=O) groups is 2. The van der Waals surface area contributed by atoms with Crippen molar-refractivity contribution in [2.45, 2.75) is 20.3 Å². The van der Waals surface area contributed by atoms with Crippen LogP contribution < -0.4 is 10.6 Å². The number of nitrogens with zero attached hydrogens (tertiary/aromatic N) is 1. The van der Waals surface area contributed by atoms with Gasteiger partial charge in [0.15, 0.2) is 0 Å². The summed E-state index contributed by atoms with van der Waals surface area (Å²) < 4.78 is 0. The van der Waals surface area contributed by atoms with Crippen LogP contribution in [0.25, 0.3) is 0 Å². The Morgan fingerprint density at radius 1 is 1.47 bits per heavy atom. The highest BCUT2D eigenvalue weighted by molar-refractivity contribution is 6.01. The first-order valence-electron chi connectivity index (χ1n) is 6.25. The molecule has 0 spiro atoms. The van der Waals surface area contributed by atoms with E-state index in [-0.39, 0.29) is 11.5 Å². The number of carboxylic acid groups (broad SMARTS) is 1. The molecular formula is C14H18N2O3. The summed E-state index contributed by atoms with van der Waals surface area (Å²) >= 11 is 0. The smallest absolute Gasteiger partial charge is 0.335 e. The largest absolute Gasteiger partial charge is 0.478 e. The van der Waals surface area contributed by atoms with Gasteiger partial charge >= 0.3 is 5.97 Å². The summed E-state index contributed by atoms with van der Waals surface area (Å²) in [7, 11) is 0. The maximum Gasteiger partial charge on any atom is 0.335 e. The molecule has 0 saturated heterocycles. The van der Waals surface area contributed by atoms with Crippen LogP contribution in [0.3, 0.4) is 0 Å². The van der Waals surface area contributed by atoms with Crippen LogP contribution in [0.15, 0.2) is 18.2 Å². The van der Waals surface area contributed by atoms with Gasteiger partial charge in [0.25, 0.3) is 0 Å². The van der Waals surface area contributed by atoms with Crippen molar-refractivity contribution in [1.82, 2.24) is 0 Å². The number of rotatable bonds is 3. The van der Waals surface area contributed by atoms with Crippen molar-refractivity contribution < 1.29 is 14.7 Å². The van der Waals surface area contributed by atoms with Gasteiger partial charge in [-0.15, -0.1) is 0 Å². The molecule has 1 heterocycles. The molecule has 0 atom stereocenters. The molecule has 3 N–H and O–H groups in total. The third-order valence-corrected chi connectivity index (χ3v) is 3.43. The second-order valence-electron chi connectivity index (χ2n) is 5.45. The lowest BCUT2D eigenvalue weighted by Crippen LogP contribution is -2.48. The second kappa shape index (κ2) is 4.66. The van der Waals surface area contributed by atoms with Gasteiger partial charge < -0.3 is 15.7 Å². The van der Waals surface area contributed by atoms with Crippen molar-refractivity contribution in [2.75, 3.05) is 18.0 Å². The van der Waals surface area contributed by atoms with Crippen LogP contribution in [0.2, 0.25) is 0 Å². The summed E-state index contributed by atoms with van der Waals surface area (Å²) in [6.45, 7) is 4.54. The molecular weight excluding hydrogens is 244 g/mol. The minimum atomic E-state index is -0.993. The first-order chi connectivity index (χ1) is 8.86. The summed E-state index contributed by atoms with van der Waals surface area (Å²) in [6.07, 6.45) is 0.613. The number of benzene rings is 1. The molecule has 1 aromatic carbocycles. The zero-order chi connectivity index (χ0) is 14.2. The first kappa shape index (κ1) is 13.5. The lowest BCUT2D eigenvalue weighted by atomic mass is 9.80. The van der Waals surface area contributed by atoms with Gasteiger partial charge in [-0.1, -0.05) is 19.9 Å². The highest BCUT2D eigenvalue weighted by Gasteiger charge is 2.38. The second-order valence-corrected chi connectivity index (χ2v) is 5.45. The Bertz CT molecular complexity index is 537. The van der Waals surface area contributed by atoms with E-state index in [9.17, 15) is 9.59 Å². The normalized spacial score (nSPS) is 17.2. The molecule has 0 unspecified atom stereocenters. The summed E-state index contributed by atoms with van der Waals surface area (Å²) in [5.41, 5.74) is 6.93. The molecule has 1 aromatic rings. The Kier molecular flexibility index (Phi) is 3.32. The average molecular weight is 262 g/mol. The maximum atomic E-state index is 12.4. The molecule has 0 aliphatic carbocycles. The molecule has 0 radical (unpaired) electrons.